The number of benzene rings is 3. The van der Waals surface area contributed by atoms with Gasteiger partial charge >= 0.3 is 5.97 Å². The first-order valence-electron chi connectivity index (χ1n) is 13.0. The fourth-order valence-electron chi connectivity index (χ4n) is 4.36. The van der Waals surface area contributed by atoms with Crippen LogP contribution in [0.5, 0.6) is 0 Å². The van der Waals surface area contributed by atoms with Gasteiger partial charge in [0.1, 0.15) is 0 Å². The molecule has 196 valence electrons. The fraction of sp³-hybridized carbons (Fsp3) is 0.375. The highest BCUT2D eigenvalue weighted by Gasteiger charge is 2.19. The van der Waals surface area contributed by atoms with Crippen molar-refractivity contribution in [3.8, 4) is 0 Å². The fourth-order valence-corrected chi connectivity index (χ4v) is 4.68. The Morgan fingerprint density at radius 1 is 0.919 bits per heavy atom. The molecule has 0 heterocycles. The van der Waals surface area contributed by atoms with Crippen LogP contribution in [0.3, 0.4) is 0 Å². The molecule has 0 bridgehead atoms. The lowest BCUT2D eigenvalue weighted by atomic mass is 9.87. The van der Waals surface area contributed by atoms with Crippen LogP contribution in [-0.2, 0) is 34.3 Å². The molecule has 37 heavy (non-hydrogen) atoms. The van der Waals surface area contributed by atoms with Gasteiger partial charge in [0.25, 0.3) is 0 Å². The van der Waals surface area contributed by atoms with Gasteiger partial charge in [0, 0.05) is 25.5 Å². The van der Waals surface area contributed by atoms with Crippen LogP contribution in [0.4, 0.5) is 0 Å². The molecule has 5 heteroatoms. The number of ether oxygens (including phenoxy) is 1. The van der Waals surface area contributed by atoms with Gasteiger partial charge in [-0.15, -0.1) is 0 Å². The van der Waals surface area contributed by atoms with Crippen molar-refractivity contribution < 1.29 is 14.6 Å². The number of aryl methyl sites for hydroxylation is 1. The summed E-state index contributed by atoms with van der Waals surface area (Å²) in [6, 6.07) is 27.3. The Balaban J connectivity index is 1.63. The number of carbonyl (C=O) groups is 1. The summed E-state index contributed by atoms with van der Waals surface area (Å²) in [6.07, 6.45) is 1.30. The first kappa shape index (κ1) is 28.5. The third-order valence-corrected chi connectivity index (χ3v) is 7.04. The molecular weight excluding hydrogens is 478 g/mol. The summed E-state index contributed by atoms with van der Waals surface area (Å²) in [7, 11) is 0. The van der Waals surface area contributed by atoms with Gasteiger partial charge in [-0.25, -0.2) is 4.79 Å². The second kappa shape index (κ2) is 13.5. The molecule has 0 amide bonds. The van der Waals surface area contributed by atoms with Gasteiger partial charge in [0.2, 0.25) is 0 Å². The molecule has 0 aliphatic rings. The van der Waals surface area contributed by atoms with Crippen molar-refractivity contribution in [2.75, 3.05) is 6.61 Å². The predicted octanol–water partition coefficient (Wildman–Crippen LogP) is 6.85. The predicted molar refractivity (Wildman–Crippen MR) is 155 cm³/mol. The Labute approximate surface area is 227 Å². The van der Waals surface area contributed by atoms with Gasteiger partial charge in [-0.2, -0.15) is 0 Å². The number of carboxylic acid groups (broad SMARTS) is 1. The van der Waals surface area contributed by atoms with E-state index in [1.807, 2.05) is 25.1 Å². The SMILES string of the molecule is CCO[C@@H](Cc1ccc(CC[C@H](C(=S)NCc2ccc(C(C)(C)C)cc2)c2ccccc2)cc1)C(=O)O. The number of nitrogens with one attached hydrogen (secondary N) is 1. The van der Waals surface area contributed by atoms with E-state index in [2.05, 4.69) is 86.8 Å². The van der Waals surface area contributed by atoms with Crippen LogP contribution in [-0.4, -0.2) is 28.8 Å². The van der Waals surface area contributed by atoms with E-state index < -0.39 is 12.1 Å². The smallest absolute Gasteiger partial charge is 0.333 e. The summed E-state index contributed by atoms with van der Waals surface area (Å²) in [5.41, 5.74) is 6.04. The van der Waals surface area contributed by atoms with Crippen molar-refractivity contribution in [3.63, 3.8) is 0 Å². The van der Waals surface area contributed by atoms with Crippen LogP contribution in [0.1, 0.15) is 67.9 Å². The van der Waals surface area contributed by atoms with Crippen LogP contribution in [0.15, 0.2) is 78.9 Å². The van der Waals surface area contributed by atoms with E-state index in [9.17, 15) is 9.90 Å². The van der Waals surface area contributed by atoms with Crippen molar-refractivity contribution in [2.24, 2.45) is 0 Å². The van der Waals surface area contributed by atoms with Crippen molar-refractivity contribution in [1.29, 1.82) is 0 Å². The van der Waals surface area contributed by atoms with Crippen LogP contribution < -0.4 is 5.32 Å². The number of hydrogen-bond acceptors (Lipinski definition) is 3. The summed E-state index contributed by atoms with van der Waals surface area (Å²) in [5.74, 6) is -0.818. The molecule has 0 aromatic heterocycles. The van der Waals surface area contributed by atoms with Crippen molar-refractivity contribution in [3.05, 3.63) is 107 Å². The van der Waals surface area contributed by atoms with Gasteiger partial charge in [-0.3, -0.25) is 0 Å². The number of hydrogen-bond donors (Lipinski definition) is 2. The van der Waals surface area contributed by atoms with E-state index in [-0.39, 0.29) is 11.3 Å². The maximum atomic E-state index is 11.4. The van der Waals surface area contributed by atoms with Crippen molar-refractivity contribution in [2.45, 2.75) is 70.9 Å². The quantitative estimate of drug-likeness (QED) is 0.257. The van der Waals surface area contributed by atoms with E-state index >= 15 is 0 Å². The Morgan fingerprint density at radius 2 is 1.51 bits per heavy atom. The molecule has 0 spiro atoms. The highest BCUT2D eigenvalue weighted by atomic mass is 32.1. The highest BCUT2D eigenvalue weighted by molar-refractivity contribution is 7.80. The zero-order chi connectivity index (χ0) is 26.8. The third-order valence-electron chi connectivity index (χ3n) is 6.61. The molecular formula is C32H39NO3S. The zero-order valence-corrected chi connectivity index (χ0v) is 23.2. The Morgan fingerprint density at radius 3 is 2.08 bits per heavy atom. The average Bonchev–Trinajstić information content (AvgIpc) is 2.88. The maximum absolute atomic E-state index is 11.4. The minimum absolute atomic E-state index is 0.110. The molecule has 0 fully saturated rings. The summed E-state index contributed by atoms with van der Waals surface area (Å²) in [5, 5.41) is 12.9. The first-order valence-corrected chi connectivity index (χ1v) is 13.4. The Bertz CT molecular complexity index is 1140. The highest BCUT2D eigenvalue weighted by Crippen LogP contribution is 2.25. The maximum Gasteiger partial charge on any atom is 0.333 e. The molecule has 0 aliphatic carbocycles. The number of aliphatic carboxylic acids is 1. The van der Waals surface area contributed by atoms with Crippen LogP contribution in [0.25, 0.3) is 0 Å². The van der Waals surface area contributed by atoms with E-state index in [4.69, 9.17) is 17.0 Å². The molecule has 3 aromatic rings. The van der Waals surface area contributed by atoms with Gasteiger partial charge < -0.3 is 15.2 Å². The minimum Gasteiger partial charge on any atom is -0.479 e. The monoisotopic (exact) mass is 517 g/mol. The third kappa shape index (κ3) is 8.80. The van der Waals surface area contributed by atoms with Gasteiger partial charge in [-0.05, 0) is 53.0 Å². The second-order valence-corrected chi connectivity index (χ2v) is 10.9. The molecule has 0 radical (unpaired) electrons. The van der Waals surface area contributed by atoms with Crippen molar-refractivity contribution >= 4 is 23.2 Å². The van der Waals surface area contributed by atoms with Crippen molar-refractivity contribution in [1.82, 2.24) is 5.32 Å². The van der Waals surface area contributed by atoms with Gasteiger partial charge in [0.05, 0.1) is 4.99 Å². The molecule has 0 aliphatic heterocycles. The molecule has 0 unspecified atom stereocenters. The summed E-state index contributed by atoms with van der Waals surface area (Å²) in [4.78, 5) is 12.2. The summed E-state index contributed by atoms with van der Waals surface area (Å²) in [6.45, 7) is 9.56. The minimum atomic E-state index is -0.928. The number of thiocarbonyl (C=S) groups is 1. The lowest BCUT2D eigenvalue weighted by Crippen LogP contribution is -2.27. The van der Waals surface area contributed by atoms with E-state index in [0.29, 0.717) is 19.6 Å². The van der Waals surface area contributed by atoms with Crippen LogP contribution in [0, 0.1) is 0 Å². The van der Waals surface area contributed by atoms with E-state index in [1.54, 1.807) is 0 Å². The van der Waals surface area contributed by atoms with E-state index in [0.717, 1.165) is 23.4 Å². The molecule has 3 rings (SSSR count). The van der Waals surface area contributed by atoms with E-state index in [1.165, 1.54) is 22.3 Å². The first-order chi connectivity index (χ1) is 17.7. The molecule has 4 nitrogen and oxygen atoms in total. The second-order valence-electron chi connectivity index (χ2n) is 10.5. The molecule has 2 atom stereocenters. The topological polar surface area (TPSA) is 58.6 Å². The lowest BCUT2D eigenvalue weighted by Gasteiger charge is -2.21. The Hall–Kier alpha value is -3.02. The normalized spacial score (nSPS) is 13.1. The summed E-state index contributed by atoms with van der Waals surface area (Å²) >= 11 is 5.89. The molecule has 0 saturated heterocycles. The molecule has 0 saturated carbocycles. The summed E-state index contributed by atoms with van der Waals surface area (Å²) < 4.78 is 5.35. The number of rotatable bonds is 12. The van der Waals surface area contributed by atoms with Crippen LogP contribution in [0.2, 0.25) is 0 Å². The Kier molecular flexibility index (Phi) is 10.4. The zero-order valence-electron chi connectivity index (χ0n) is 22.4. The molecule has 3 aromatic carbocycles. The largest absolute Gasteiger partial charge is 0.479 e. The average molecular weight is 518 g/mol. The lowest BCUT2D eigenvalue weighted by molar-refractivity contribution is -0.149. The molecule has 2 N–H and O–H groups in total. The van der Waals surface area contributed by atoms with Gasteiger partial charge in [-0.1, -0.05) is 112 Å². The van der Waals surface area contributed by atoms with Gasteiger partial charge in [0.15, 0.2) is 6.10 Å². The number of carboxylic acids is 1. The standard InChI is InChI=1S/C32H39NO3S/c1-5-36-29(31(34)35)21-24-13-11-23(12-14-24)17-20-28(26-9-7-6-8-10-26)30(37)33-22-25-15-18-27(19-16-25)32(2,3)4/h6-16,18-19,28-29H,5,17,20-22H2,1-4H3,(H,33,37)(H,34,35)/t28-,29-/m0/s1. The van der Waals surface area contributed by atoms with Crippen LogP contribution >= 0.6 is 12.2 Å².